The highest BCUT2D eigenvalue weighted by Gasteiger charge is 2.48. The van der Waals surface area contributed by atoms with Gasteiger partial charge in [0.05, 0.1) is 19.3 Å². The highest BCUT2D eigenvalue weighted by Crippen LogP contribution is 2.24. The zero-order valence-corrected chi connectivity index (χ0v) is 12.1. The molecule has 0 radical (unpaired) electrons. The Labute approximate surface area is 131 Å². The molecule has 2 rings (SSSR count). The van der Waals surface area contributed by atoms with Gasteiger partial charge < -0.3 is 50.3 Å². The van der Waals surface area contributed by atoms with Crippen LogP contribution in [0.25, 0.3) is 0 Å². The summed E-state index contributed by atoms with van der Waals surface area (Å²) < 4.78 is 10.2. The van der Waals surface area contributed by atoms with E-state index >= 15 is 0 Å². The van der Waals surface area contributed by atoms with E-state index in [1.165, 1.54) is 0 Å². The fraction of sp³-hybridized carbons (Fsp3) is 1.00. The second-order valence-electron chi connectivity index (χ2n) is 5.67. The summed E-state index contributed by atoms with van der Waals surface area (Å²) in [4.78, 5) is 0. The van der Waals surface area contributed by atoms with Crippen molar-refractivity contribution in [3.05, 3.63) is 0 Å². The van der Waals surface area contributed by atoms with Crippen LogP contribution >= 0.6 is 0 Å². The van der Waals surface area contributed by atoms with Crippen LogP contribution in [-0.4, -0.2) is 115 Å². The fourth-order valence-electron chi connectivity index (χ4n) is 2.74. The minimum atomic E-state index is -1.70. The summed E-state index contributed by atoms with van der Waals surface area (Å²) in [6.07, 6.45) is -13.3. The molecule has 2 aliphatic rings. The van der Waals surface area contributed by atoms with Crippen molar-refractivity contribution < 1.29 is 50.3 Å². The molecule has 2 saturated heterocycles. The third-order valence-corrected chi connectivity index (χ3v) is 4.15. The molecule has 0 spiro atoms. The molecular weight excluding hydrogens is 318 g/mol. The average molecular weight is 341 g/mol. The Kier molecular flexibility index (Phi) is 6.27. The van der Waals surface area contributed by atoms with Crippen LogP contribution in [0.3, 0.4) is 0 Å². The molecule has 0 saturated carbocycles. The van der Waals surface area contributed by atoms with Crippen LogP contribution in [0, 0.1) is 0 Å². The predicted molar refractivity (Wildman–Crippen MR) is 70.7 cm³/mol. The zero-order valence-electron chi connectivity index (χ0n) is 12.1. The lowest BCUT2D eigenvalue weighted by Gasteiger charge is -2.46. The number of aliphatic hydroxyl groups is 8. The predicted octanol–water partition coefficient (Wildman–Crippen LogP) is -5.82. The van der Waals surface area contributed by atoms with Gasteiger partial charge in [0.1, 0.15) is 49.0 Å². The summed E-state index contributed by atoms with van der Waals surface area (Å²) in [5.74, 6) is 0. The molecule has 0 bridgehead atoms. The fourth-order valence-corrected chi connectivity index (χ4v) is 2.74. The number of hydrogen-bond acceptors (Lipinski definition) is 11. The number of nitrogens with one attached hydrogen (secondary N) is 1. The third kappa shape index (κ3) is 3.65. The van der Waals surface area contributed by atoms with Gasteiger partial charge in [0.25, 0.3) is 0 Å². The minimum absolute atomic E-state index is 0.615. The van der Waals surface area contributed by atoms with E-state index in [4.69, 9.17) is 14.6 Å². The lowest BCUT2D eigenvalue weighted by molar-refractivity contribution is -0.278. The quantitative estimate of drug-likeness (QED) is 0.236. The molecule has 11 nitrogen and oxygen atoms in total. The van der Waals surface area contributed by atoms with Crippen molar-refractivity contribution in [3.63, 3.8) is 0 Å². The van der Waals surface area contributed by atoms with E-state index in [0.717, 1.165) is 0 Å². The third-order valence-electron chi connectivity index (χ3n) is 4.15. The van der Waals surface area contributed by atoms with Gasteiger partial charge in [0.2, 0.25) is 0 Å². The summed E-state index contributed by atoms with van der Waals surface area (Å²) in [5.41, 5.74) is 0. The summed E-state index contributed by atoms with van der Waals surface area (Å²) >= 11 is 0. The van der Waals surface area contributed by atoms with E-state index in [1.807, 2.05) is 0 Å². The molecule has 2 aliphatic heterocycles. The maximum Gasteiger partial charge on any atom is 0.183 e. The topological polar surface area (TPSA) is 192 Å². The molecule has 11 heteroatoms. The van der Waals surface area contributed by atoms with Crippen molar-refractivity contribution in [2.45, 2.75) is 61.3 Å². The first-order valence-electron chi connectivity index (χ1n) is 7.18. The van der Waals surface area contributed by atoms with Crippen molar-refractivity contribution in [3.8, 4) is 0 Å². The summed E-state index contributed by atoms with van der Waals surface area (Å²) in [7, 11) is 0. The van der Waals surface area contributed by atoms with Gasteiger partial charge in [-0.2, -0.15) is 0 Å². The second-order valence-corrected chi connectivity index (χ2v) is 5.67. The van der Waals surface area contributed by atoms with E-state index in [0.29, 0.717) is 0 Å². The Morgan fingerprint density at radius 3 is 1.83 bits per heavy atom. The molecule has 0 aliphatic carbocycles. The van der Waals surface area contributed by atoms with E-state index in [1.54, 1.807) is 0 Å². The van der Waals surface area contributed by atoms with E-state index < -0.39 is 74.5 Å². The second kappa shape index (κ2) is 7.63. The average Bonchev–Trinajstić information content (AvgIpc) is 2.55. The zero-order chi connectivity index (χ0) is 17.3. The van der Waals surface area contributed by atoms with Crippen molar-refractivity contribution in [2.75, 3.05) is 13.2 Å². The standard InChI is InChI=1S/C12H23NO10/c14-1-3-5(7(17)10(20)12(21)23-3)13-11-9(19)8(18)6(16)4(2-15)22-11/h3-21H,1-2H2/t3?,4?,5-,6+,7?,8?,9?,10?,11-,12-/m1/s1. The van der Waals surface area contributed by atoms with Crippen LogP contribution in [-0.2, 0) is 9.47 Å². The van der Waals surface area contributed by atoms with Gasteiger partial charge in [-0.15, -0.1) is 0 Å². The van der Waals surface area contributed by atoms with Gasteiger partial charge in [0.15, 0.2) is 6.29 Å². The number of ether oxygens (including phenoxy) is 2. The normalized spacial score (nSPS) is 51.7. The monoisotopic (exact) mass is 341 g/mol. The molecule has 6 unspecified atom stereocenters. The van der Waals surface area contributed by atoms with Crippen molar-refractivity contribution in [1.29, 1.82) is 0 Å². The van der Waals surface area contributed by atoms with Gasteiger partial charge in [-0.05, 0) is 0 Å². The van der Waals surface area contributed by atoms with Crippen LogP contribution in [0.15, 0.2) is 0 Å². The van der Waals surface area contributed by atoms with Crippen LogP contribution in [0.1, 0.15) is 0 Å². The van der Waals surface area contributed by atoms with Gasteiger partial charge in [-0.1, -0.05) is 0 Å². The Morgan fingerprint density at radius 2 is 1.26 bits per heavy atom. The summed E-state index contributed by atoms with van der Waals surface area (Å²) in [5, 5.41) is 79.4. The van der Waals surface area contributed by atoms with Crippen molar-refractivity contribution >= 4 is 0 Å². The maximum absolute atomic E-state index is 10.0. The SMILES string of the molecule is OCC1O[C@@H](N[C@@H]2C(CO)O[C@@H](O)C(O)C2O)C(O)C(O)[C@H]1O. The van der Waals surface area contributed by atoms with Gasteiger partial charge in [-0.25, -0.2) is 0 Å². The minimum Gasteiger partial charge on any atom is -0.394 e. The molecule has 0 aromatic rings. The number of hydrogen-bond donors (Lipinski definition) is 9. The van der Waals surface area contributed by atoms with Crippen LogP contribution in [0.4, 0.5) is 0 Å². The number of rotatable bonds is 4. The first-order valence-corrected chi connectivity index (χ1v) is 7.18. The van der Waals surface area contributed by atoms with Crippen LogP contribution in [0.2, 0.25) is 0 Å². The lowest BCUT2D eigenvalue weighted by Crippen LogP contribution is -2.70. The van der Waals surface area contributed by atoms with Gasteiger partial charge in [0, 0.05) is 0 Å². The Bertz CT molecular complexity index is 383. The molecule has 2 heterocycles. The van der Waals surface area contributed by atoms with E-state index in [2.05, 4.69) is 5.32 Å². The van der Waals surface area contributed by atoms with Crippen LogP contribution in [0.5, 0.6) is 0 Å². The van der Waals surface area contributed by atoms with Crippen molar-refractivity contribution in [2.24, 2.45) is 0 Å². The molecule has 2 fully saturated rings. The van der Waals surface area contributed by atoms with Crippen molar-refractivity contribution in [1.82, 2.24) is 5.32 Å². The van der Waals surface area contributed by atoms with Crippen LogP contribution < -0.4 is 5.32 Å². The molecule has 10 atom stereocenters. The van der Waals surface area contributed by atoms with Gasteiger partial charge >= 0.3 is 0 Å². The smallest absolute Gasteiger partial charge is 0.183 e. The molecule has 0 aromatic carbocycles. The Morgan fingerprint density at radius 1 is 0.652 bits per heavy atom. The molecule has 0 aromatic heterocycles. The molecule has 23 heavy (non-hydrogen) atoms. The van der Waals surface area contributed by atoms with E-state index in [9.17, 15) is 35.7 Å². The molecule has 136 valence electrons. The first-order chi connectivity index (χ1) is 10.8. The van der Waals surface area contributed by atoms with Gasteiger partial charge in [-0.3, -0.25) is 5.32 Å². The Balaban J connectivity index is 2.11. The highest BCUT2D eigenvalue weighted by atomic mass is 16.6. The Hall–Kier alpha value is -0.440. The summed E-state index contributed by atoms with van der Waals surface area (Å²) in [6, 6.07) is -1.15. The molecular formula is C12H23NO10. The van der Waals surface area contributed by atoms with E-state index in [-0.39, 0.29) is 0 Å². The molecule has 0 amide bonds. The summed E-state index contributed by atoms with van der Waals surface area (Å²) in [6.45, 7) is -1.24. The first kappa shape index (κ1) is 18.9. The lowest BCUT2D eigenvalue weighted by atomic mass is 9.94. The number of aliphatic hydroxyl groups excluding tert-OH is 8. The molecule has 9 N–H and O–H groups in total. The maximum atomic E-state index is 10.0. The largest absolute Gasteiger partial charge is 0.394 e. The highest BCUT2D eigenvalue weighted by molar-refractivity contribution is 4.98.